The highest BCUT2D eigenvalue weighted by Gasteiger charge is 2.09. The molecule has 3 nitrogen and oxygen atoms in total. The van der Waals surface area contributed by atoms with Crippen LogP contribution in [0.15, 0.2) is 24.3 Å². The second-order valence-corrected chi connectivity index (χ2v) is 3.87. The molecule has 84 valence electrons. The predicted molar refractivity (Wildman–Crippen MR) is 63.9 cm³/mol. The van der Waals surface area contributed by atoms with Gasteiger partial charge < -0.3 is 10.6 Å². The van der Waals surface area contributed by atoms with Crippen LogP contribution in [-0.2, 0) is 6.54 Å². The van der Waals surface area contributed by atoms with E-state index in [1.165, 1.54) is 6.07 Å². The van der Waals surface area contributed by atoms with E-state index >= 15 is 0 Å². The number of para-hydroxylation sites is 1. The average molecular weight is 219 g/mol. The maximum atomic E-state index is 13.6. The molecule has 16 heavy (non-hydrogen) atoms. The van der Waals surface area contributed by atoms with Crippen molar-refractivity contribution < 1.29 is 4.39 Å². The molecule has 0 aliphatic rings. The summed E-state index contributed by atoms with van der Waals surface area (Å²) in [4.78, 5) is 6.14. The predicted octanol–water partition coefficient (Wildman–Crippen LogP) is 1.90. The minimum Gasteiger partial charge on any atom is -0.377 e. The number of fused-ring (bicyclic) bond motifs is 1. The molecule has 0 fully saturated rings. The zero-order valence-electron chi connectivity index (χ0n) is 9.37. The number of hydrogen-bond acceptors (Lipinski definition) is 3. The number of aromatic nitrogens is 1. The fourth-order valence-corrected chi connectivity index (χ4v) is 1.72. The summed E-state index contributed by atoms with van der Waals surface area (Å²) in [5.41, 5.74) is 7.57. The molecule has 0 bridgehead atoms. The molecule has 0 aliphatic carbocycles. The van der Waals surface area contributed by atoms with Crippen molar-refractivity contribution in [1.29, 1.82) is 0 Å². The Morgan fingerprint density at radius 2 is 2.12 bits per heavy atom. The van der Waals surface area contributed by atoms with E-state index in [-0.39, 0.29) is 5.82 Å². The van der Waals surface area contributed by atoms with Gasteiger partial charge in [0.05, 0.1) is 5.69 Å². The Morgan fingerprint density at radius 1 is 1.38 bits per heavy atom. The number of pyridine rings is 1. The van der Waals surface area contributed by atoms with Crippen LogP contribution in [0.3, 0.4) is 0 Å². The van der Waals surface area contributed by atoms with Gasteiger partial charge in [0.2, 0.25) is 0 Å². The zero-order chi connectivity index (χ0) is 11.7. The number of anilines is 1. The maximum absolute atomic E-state index is 13.6. The summed E-state index contributed by atoms with van der Waals surface area (Å²) in [5, 5.41) is 0.808. The van der Waals surface area contributed by atoms with Gasteiger partial charge in [0, 0.05) is 31.7 Å². The Balaban J connectivity index is 2.82. The molecular formula is C12H14FN3. The van der Waals surface area contributed by atoms with Gasteiger partial charge in [0.1, 0.15) is 11.3 Å². The second-order valence-electron chi connectivity index (χ2n) is 3.87. The van der Waals surface area contributed by atoms with E-state index < -0.39 is 0 Å². The molecule has 2 rings (SSSR count). The topological polar surface area (TPSA) is 42.1 Å². The smallest absolute Gasteiger partial charge is 0.149 e. The Bertz CT molecular complexity index is 523. The standard InChI is InChI=1S/C12H14FN3/c1-16(2)11-6-8(7-14)15-12-9(11)4-3-5-10(12)13/h3-6H,7,14H2,1-2H3. The largest absolute Gasteiger partial charge is 0.377 e. The van der Waals surface area contributed by atoms with Crippen molar-refractivity contribution in [2.24, 2.45) is 5.73 Å². The van der Waals surface area contributed by atoms with Crippen molar-refractivity contribution >= 4 is 16.6 Å². The lowest BCUT2D eigenvalue weighted by Crippen LogP contribution is -2.11. The van der Waals surface area contributed by atoms with Gasteiger partial charge in [-0.25, -0.2) is 9.37 Å². The molecule has 4 heteroatoms. The van der Waals surface area contributed by atoms with Gasteiger partial charge >= 0.3 is 0 Å². The molecule has 0 unspecified atom stereocenters. The van der Waals surface area contributed by atoms with Crippen molar-refractivity contribution in [1.82, 2.24) is 4.98 Å². The number of nitrogens with zero attached hydrogens (tertiary/aromatic N) is 2. The molecule has 1 aromatic heterocycles. The first-order valence-electron chi connectivity index (χ1n) is 5.09. The Hall–Kier alpha value is -1.68. The van der Waals surface area contributed by atoms with Gasteiger partial charge in [-0.2, -0.15) is 0 Å². The Kier molecular flexibility index (Phi) is 2.75. The number of halogens is 1. The third-order valence-electron chi connectivity index (χ3n) is 2.51. The van der Waals surface area contributed by atoms with Crippen LogP contribution in [0.1, 0.15) is 5.69 Å². The van der Waals surface area contributed by atoms with E-state index in [2.05, 4.69) is 4.98 Å². The third-order valence-corrected chi connectivity index (χ3v) is 2.51. The van der Waals surface area contributed by atoms with Crippen molar-refractivity contribution in [3.05, 3.63) is 35.8 Å². The summed E-state index contributed by atoms with van der Waals surface area (Å²) < 4.78 is 13.6. The van der Waals surface area contributed by atoms with Crippen molar-refractivity contribution in [3.8, 4) is 0 Å². The van der Waals surface area contributed by atoms with Crippen LogP contribution in [0.25, 0.3) is 10.9 Å². The normalized spacial score (nSPS) is 10.8. The van der Waals surface area contributed by atoms with Crippen LogP contribution < -0.4 is 10.6 Å². The third kappa shape index (κ3) is 1.72. The molecule has 0 aliphatic heterocycles. The molecular weight excluding hydrogens is 205 g/mol. The van der Waals surface area contributed by atoms with Crippen molar-refractivity contribution in [3.63, 3.8) is 0 Å². The van der Waals surface area contributed by atoms with Crippen LogP contribution in [-0.4, -0.2) is 19.1 Å². The number of rotatable bonds is 2. The van der Waals surface area contributed by atoms with Crippen molar-refractivity contribution in [2.45, 2.75) is 6.54 Å². The Labute approximate surface area is 93.7 Å². The van der Waals surface area contributed by atoms with Crippen LogP contribution in [0.2, 0.25) is 0 Å². The lowest BCUT2D eigenvalue weighted by atomic mass is 10.1. The summed E-state index contributed by atoms with van der Waals surface area (Å²) in [5.74, 6) is -0.309. The van der Waals surface area contributed by atoms with Crippen LogP contribution in [0.4, 0.5) is 10.1 Å². The first kappa shape index (κ1) is 10.8. The van der Waals surface area contributed by atoms with E-state index in [1.807, 2.05) is 31.1 Å². The van der Waals surface area contributed by atoms with E-state index in [0.717, 1.165) is 11.1 Å². The van der Waals surface area contributed by atoms with E-state index in [4.69, 9.17) is 5.73 Å². The van der Waals surface area contributed by atoms with Crippen LogP contribution in [0, 0.1) is 5.82 Å². The van der Waals surface area contributed by atoms with E-state index in [1.54, 1.807) is 6.07 Å². The molecule has 0 saturated heterocycles. The van der Waals surface area contributed by atoms with Gasteiger partial charge in [-0.05, 0) is 12.1 Å². The lowest BCUT2D eigenvalue weighted by Gasteiger charge is -2.16. The monoisotopic (exact) mass is 219 g/mol. The average Bonchev–Trinajstić information content (AvgIpc) is 2.28. The number of hydrogen-bond donors (Lipinski definition) is 1. The summed E-state index contributed by atoms with van der Waals surface area (Å²) in [6, 6.07) is 6.85. The van der Waals surface area contributed by atoms with Gasteiger partial charge in [-0.3, -0.25) is 0 Å². The van der Waals surface area contributed by atoms with Crippen LogP contribution in [0.5, 0.6) is 0 Å². The first-order valence-corrected chi connectivity index (χ1v) is 5.09. The summed E-state index contributed by atoms with van der Waals surface area (Å²) in [6.07, 6.45) is 0. The van der Waals surface area contributed by atoms with Crippen LogP contribution >= 0.6 is 0 Å². The number of nitrogens with two attached hydrogens (primary N) is 1. The number of benzene rings is 1. The maximum Gasteiger partial charge on any atom is 0.149 e. The summed E-state index contributed by atoms with van der Waals surface area (Å²) in [7, 11) is 3.83. The first-order chi connectivity index (χ1) is 7.63. The molecule has 2 aromatic rings. The fraction of sp³-hybridized carbons (Fsp3) is 0.250. The lowest BCUT2D eigenvalue weighted by molar-refractivity contribution is 0.636. The minimum absolute atomic E-state index is 0.309. The van der Waals surface area contributed by atoms with E-state index in [9.17, 15) is 4.39 Å². The SMILES string of the molecule is CN(C)c1cc(CN)nc2c(F)cccc12. The highest BCUT2D eigenvalue weighted by Crippen LogP contribution is 2.26. The second kappa shape index (κ2) is 4.06. The van der Waals surface area contributed by atoms with Gasteiger partial charge in [-0.15, -0.1) is 0 Å². The summed E-state index contributed by atoms with van der Waals surface area (Å²) >= 11 is 0. The summed E-state index contributed by atoms with van der Waals surface area (Å²) in [6.45, 7) is 0.311. The van der Waals surface area contributed by atoms with Gasteiger partial charge in [0.25, 0.3) is 0 Å². The molecule has 0 spiro atoms. The Morgan fingerprint density at radius 3 is 2.75 bits per heavy atom. The van der Waals surface area contributed by atoms with E-state index in [0.29, 0.717) is 17.8 Å². The van der Waals surface area contributed by atoms with Crippen molar-refractivity contribution in [2.75, 3.05) is 19.0 Å². The molecule has 0 atom stereocenters. The molecule has 2 N–H and O–H groups in total. The molecule has 1 heterocycles. The zero-order valence-corrected chi connectivity index (χ0v) is 9.37. The minimum atomic E-state index is -0.309. The van der Waals surface area contributed by atoms with Gasteiger partial charge in [0.15, 0.2) is 0 Å². The highest BCUT2D eigenvalue weighted by molar-refractivity contribution is 5.92. The highest BCUT2D eigenvalue weighted by atomic mass is 19.1. The fourth-order valence-electron chi connectivity index (χ4n) is 1.72. The molecule has 0 radical (unpaired) electrons. The molecule has 1 aromatic carbocycles. The van der Waals surface area contributed by atoms with Gasteiger partial charge in [-0.1, -0.05) is 12.1 Å². The molecule has 0 amide bonds. The quantitative estimate of drug-likeness (QED) is 0.838. The molecule has 0 saturated carbocycles.